The Morgan fingerprint density at radius 1 is 1.58 bits per heavy atom. The molecule has 0 aromatic heterocycles. The predicted molar refractivity (Wildman–Crippen MR) is 43.8 cm³/mol. The number of hydrogen-bond acceptors (Lipinski definition) is 4. The van der Waals surface area contributed by atoms with E-state index in [0.29, 0.717) is 5.70 Å². The Balaban J connectivity index is 2.25. The third-order valence-corrected chi connectivity index (χ3v) is 2.21. The molecule has 2 rings (SSSR count). The van der Waals surface area contributed by atoms with Gasteiger partial charge in [-0.05, 0) is 0 Å². The van der Waals surface area contributed by atoms with E-state index in [1.54, 1.807) is 0 Å². The molecule has 0 spiro atoms. The lowest BCUT2D eigenvalue weighted by atomic mass is 10.2. The maximum atomic E-state index is 10.9. The van der Waals surface area contributed by atoms with Gasteiger partial charge in [0.25, 0.3) is 5.91 Å². The van der Waals surface area contributed by atoms with Crippen molar-refractivity contribution in [3.8, 4) is 0 Å². The molecule has 5 heteroatoms. The summed E-state index contributed by atoms with van der Waals surface area (Å²) < 4.78 is 0. The van der Waals surface area contributed by atoms with Crippen LogP contribution in [0.15, 0.2) is 11.4 Å². The molecule has 2 heterocycles. The molecule has 0 aliphatic carbocycles. The molecule has 1 fully saturated rings. The number of amides is 1. The Labute approximate surface area is 70.6 Å². The van der Waals surface area contributed by atoms with Crippen LogP contribution in [0.3, 0.4) is 0 Å². The third-order valence-electron chi connectivity index (χ3n) is 2.21. The van der Waals surface area contributed by atoms with Gasteiger partial charge in [-0.25, -0.2) is 0 Å². The van der Waals surface area contributed by atoms with Crippen LogP contribution in [-0.4, -0.2) is 37.1 Å². The smallest absolute Gasteiger partial charge is 0.266 e. The minimum absolute atomic E-state index is 0.365. The number of primary amides is 1. The molecule has 0 radical (unpaired) electrons. The van der Waals surface area contributed by atoms with Gasteiger partial charge in [0.15, 0.2) is 0 Å². The normalized spacial score (nSPS) is 22.2. The summed E-state index contributed by atoms with van der Waals surface area (Å²) in [5.74, 6) is -0.365. The van der Waals surface area contributed by atoms with E-state index in [4.69, 9.17) is 5.73 Å². The number of carbonyl (C=O) groups excluding carboxylic acids is 1. The molecule has 0 unspecified atom stereocenters. The van der Waals surface area contributed by atoms with Gasteiger partial charge in [-0.2, -0.15) is 0 Å². The first-order valence-corrected chi connectivity index (χ1v) is 4.01. The number of rotatable bonds is 1. The van der Waals surface area contributed by atoms with Crippen LogP contribution in [0, 0.1) is 0 Å². The second-order valence-electron chi connectivity index (χ2n) is 2.96. The molecule has 0 aromatic rings. The summed E-state index contributed by atoms with van der Waals surface area (Å²) in [5.41, 5.74) is 6.77. The minimum Gasteiger partial charge on any atom is -0.364 e. The highest BCUT2D eigenvalue weighted by atomic mass is 16.1. The van der Waals surface area contributed by atoms with Gasteiger partial charge in [-0.3, -0.25) is 4.79 Å². The topological polar surface area (TPSA) is 70.4 Å². The second-order valence-corrected chi connectivity index (χ2v) is 2.96. The molecule has 0 aromatic carbocycles. The first-order chi connectivity index (χ1) is 5.79. The predicted octanol–water partition coefficient (Wildman–Crippen LogP) is -1.85. The van der Waals surface area contributed by atoms with Gasteiger partial charge in [0.1, 0.15) is 5.70 Å². The molecular formula is C7H12N4O. The molecule has 5 nitrogen and oxygen atoms in total. The van der Waals surface area contributed by atoms with Crippen molar-refractivity contribution in [1.29, 1.82) is 0 Å². The third kappa shape index (κ3) is 1.02. The van der Waals surface area contributed by atoms with Crippen molar-refractivity contribution in [3.05, 3.63) is 11.4 Å². The fraction of sp³-hybridized carbons (Fsp3) is 0.571. The van der Waals surface area contributed by atoms with Crippen LogP contribution in [-0.2, 0) is 4.79 Å². The highest BCUT2D eigenvalue weighted by Gasteiger charge is 2.26. The quantitative estimate of drug-likeness (QED) is 0.430. The number of hydrogen-bond donors (Lipinski definition) is 3. The Morgan fingerprint density at radius 2 is 2.42 bits per heavy atom. The van der Waals surface area contributed by atoms with Crippen LogP contribution < -0.4 is 16.4 Å². The zero-order valence-corrected chi connectivity index (χ0v) is 6.76. The lowest BCUT2D eigenvalue weighted by molar-refractivity contribution is -0.114. The molecule has 1 amide bonds. The molecule has 12 heavy (non-hydrogen) atoms. The average molecular weight is 168 g/mol. The van der Waals surface area contributed by atoms with Crippen molar-refractivity contribution in [2.24, 2.45) is 5.73 Å². The van der Waals surface area contributed by atoms with E-state index < -0.39 is 0 Å². The number of nitrogens with one attached hydrogen (secondary N) is 2. The lowest BCUT2D eigenvalue weighted by Gasteiger charge is -2.26. The van der Waals surface area contributed by atoms with Crippen molar-refractivity contribution in [2.45, 2.75) is 0 Å². The SMILES string of the molecule is NC(=O)C1=C2CNCCN2CN1. The van der Waals surface area contributed by atoms with Gasteiger partial charge >= 0.3 is 0 Å². The van der Waals surface area contributed by atoms with Gasteiger partial charge in [0, 0.05) is 19.6 Å². The average Bonchev–Trinajstić information content (AvgIpc) is 2.47. The van der Waals surface area contributed by atoms with E-state index >= 15 is 0 Å². The van der Waals surface area contributed by atoms with Crippen molar-refractivity contribution in [1.82, 2.24) is 15.5 Å². The molecule has 2 aliphatic rings. The van der Waals surface area contributed by atoms with Crippen LogP contribution in [0.4, 0.5) is 0 Å². The molecular weight excluding hydrogens is 156 g/mol. The van der Waals surface area contributed by atoms with E-state index in [1.165, 1.54) is 0 Å². The van der Waals surface area contributed by atoms with Crippen LogP contribution in [0.1, 0.15) is 0 Å². The standard InChI is InChI=1S/C7H12N4O/c8-7(12)6-5-3-9-1-2-11(5)4-10-6/h9-10H,1-4H2,(H2,8,12). The van der Waals surface area contributed by atoms with Crippen molar-refractivity contribution in [2.75, 3.05) is 26.3 Å². The van der Waals surface area contributed by atoms with Gasteiger partial charge in [0.05, 0.1) is 12.4 Å². The summed E-state index contributed by atoms with van der Waals surface area (Å²) in [6.07, 6.45) is 0. The van der Waals surface area contributed by atoms with Gasteiger partial charge < -0.3 is 21.3 Å². The number of carbonyl (C=O) groups is 1. The van der Waals surface area contributed by atoms with E-state index in [2.05, 4.69) is 15.5 Å². The Hall–Kier alpha value is -1.23. The summed E-state index contributed by atoms with van der Waals surface area (Å²) in [6, 6.07) is 0. The first kappa shape index (κ1) is 7.42. The van der Waals surface area contributed by atoms with Crippen molar-refractivity contribution >= 4 is 5.91 Å². The van der Waals surface area contributed by atoms with Gasteiger partial charge in [0.2, 0.25) is 0 Å². The molecule has 4 N–H and O–H groups in total. The molecule has 0 bridgehead atoms. The maximum absolute atomic E-state index is 10.9. The van der Waals surface area contributed by atoms with Crippen molar-refractivity contribution < 1.29 is 4.79 Å². The van der Waals surface area contributed by atoms with Crippen LogP contribution in [0.2, 0.25) is 0 Å². The molecule has 0 saturated carbocycles. The monoisotopic (exact) mass is 168 g/mol. The summed E-state index contributed by atoms with van der Waals surface area (Å²) in [6.45, 7) is 3.37. The highest BCUT2D eigenvalue weighted by molar-refractivity contribution is 5.92. The number of nitrogens with two attached hydrogens (primary N) is 1. The van der Waals surface area contributed by atoms with E-state index in [1.807, 2.05) is 0 Å². The fourth-order valence-corrected chi connectivity index (χ4v) is 1.59. The first-order valence-electron chi connectivity index (χ1n) is 4.01. The minimum atomic E-state index is -0.365. The molecule has 2 aliphatic heterocycles. The number of piperazine rings is 1. The van der Waals surface area contributed by atoms with Gasteiger partial charge in [-0.15, -0.1) is 0 Å². The van der Waals surface area contributed by atoms with Gasteiger partial charge in [-0.1, -0.05) is 0 Å². The zero-order chi connectivity index (χ0) is 8.55. The van der Waals surface area contributed by atoms with Crippen LogP contribution in [0.5, 0.6) is 0 Å². The number of nitrogens with zero attached hydrogens (tertiary/aromatic N) is 1. The summed E-state index contributed by atoms with van der Waals surface area (Å²) in [4.78, 5) is 13.0. The Morgan fingerprint density at radius 3 is 3.17 bits per heavy atom. The largest absolute Gasteiger partial charge is 0.364 e. The summed E-state index contributed by atoms with van der Waals surface area (Å²) >= 11 is 0. The van der Waals surface area contributed by atoms with Crippen molar-refractivity contribution in [3.63, 3.8) is 0 Å². The van der Waals surface area contributed by atoms with E-state index in [-0.39, 0.29) is 5.91 Å². The summed E-state index contributed by atoms with van der Waals surface area (Å²) in [7, 11) is 0. The van der Waals surface area contributed by atoms with Crippen LogP contribution in [0.25, 0.3) is 0 Å². The lowest BCUT2D eigenvalue weighted by Crippen LogP contribution is -2.40. The highest BCUT2D eigenvalue weighted by Crippen LogP contribution is 2.15. The molecule has 66 valence electrons. The van der Waals surface area contributed by atoms with E-state index in [9.17, 15) is 4.79 Å². The van der Waals surface area contributed by atoms with Crippen LogP contribution >= 0.6 is 0 Å². The second kappa shape index (κ2) is 2.67. The Kier molecular flexibility index (Phi) is 1.65. The molecule has 1 saturated heterocycles. The zero-order valence-electron chi connectivity index (χ0n) is 6.76. The number of fused-ring (bicyclic) bond motifs is 1. The summed E-state index contributed by atoms with van der Waals surface area (Å²) in [5, 5.41) is 6.18. The molecule has 0 atom stereocenters. The Bertz CT molecular complexity index is 248. The maximum Gasteiger partial charge on any atom is 0.266 e. The fourth-order valence-electron chi connectivity index (χ4n) is 1.59. The van der Waals surface area contributed by atoms with E-state index in [0.717, 1.165) is 32.0 Å².